The van der Waals surface area contributed by atoms with E-state index in [0.717, 1.165) is 5.56 Å². The Labute approximate surface area is 104 Å². The van der Waals surface area contributed by atoms with E-state index in [-0.39, 0.29) is 5.92 Å². The number of esters is 1. The molecule has 2 atom stereocenters. The summed E-state index contributed by atoms with van der Waals surface area (Å²) >= 11 is 5.87. The zero-order valence-electron chi connectivity index (χ0n) is 9.27. The molecule has 1 aliphatic rings. The summed E-state index contributed by atoms with van der Waals surface area (Å²) in [6.07, 6.45) is 0.384. The molecule has 4 nitrogen and oxygen atoms in total. The van der Waals surface area contributed by atoms with Gasteiger partial charge in [-0.1, -0.05) is 23.7 Å². The van der Waals surface area contributed by atoms with Crippen LogP contribution < -0.4 is 5.73 Å². The fraction of sp³-hybridized carbons (Fsp3) is 0.333. The summed E-state index contributed by atoms with van der Waals surface area (Å²) in [6.45, 7) is 0. The van der Waals surface area contributed by atoms with Gasteiger partial charge in [0.05, 0.1) is 7.11 Å². The van der Waals surface area contributed by atoms with Gasteiger partial charge in [-0.05, 0) is 24.1 Å². The molecule has 2 N–H and O–H groups in total. The molecule has 0 aromatic heterocycles. The van der Waals surface area contributed by atoms with Crippen molar-refractivity contribution in [2.75, 3.05) is 7.11 Å². The van der Waals surface area contributed by atoms with Crippen LogP contribution in [0.5, 0.6) is 0 Å². The lowest BCUT2D eigenvalue weighted by Crippen LogP contribution is -2.34. The zero-order chi connectivity index (χ0) is 12.6. The van der Waals surface area contributed by atoms with Gasteiger partial charge in [0, 0.05) is 10.9 Å². The number of primary amides is 1. The van der Waals surface area contributed by atoms with Crippen LogP contribution in [0.2, 0.25) is 5.02 Å². The van der Waals surface area contributed by atoms with E-state index in [2.05, 4.69) is 4.74 Å². The van der Waals surface area contributed by atoms with Crippen molar-refractivity contribution in [2.45, 2.75) is 12.3 Å². The van der Waals surface area contributed by atoms with Gasteiger partial charge in [0.2, 0.25) is 5.91 Å². The fourth-order valence-corrected chi connectivity index (χ4v) is 2.37. The zero-order valence-corrected chi connectivity index (χ0v) is 10.0. The first-order chi connectivity index (χ1) is 8.02. The van der Waals surface area contributed by atoms with E-state index in [9.17, 15) is 9.59 Å². The second kappa shape index (κ2) is 4.04. The molecule has 0 bridgehead atoms. The lowest BCUT2D eigenvalue weighted by molar-refractivity contribution is -0.151. The molecule has 1 aromatic carbocycles. The number of halogens is 1. The summed E-state index contributed by atoms with van der Waals surface area (Å²) in [4.78, 5) is 23.1. The first-order valence-electron chi connectivity index (χ1n) is 5.16. The normalized spacial score (nSPS) is 26.4. The molecule has 0 heterocycles. The van der Waals surface area contributed by atoms with Crippen LogP contribution in [0.4, 0.5) is 0 Å². The predicted molar refractivity (Wildman–Crippen MR) is 62.5 cm³/mol. The van der Waals surface area contributed by atoms with Gasteiger partial charge in [0.1, 0.15) is 0 Å². The Morgan fingerprint density at radius 3 is 2.76 bits per heavy atom. The number of carbonyl (C=O) groups excluding carboxylic acids is 2. The number of ether oxygens (including phenoxy) is 1. The number of hydrogen-bond acceptors (Lipinski definition) is 3. The summed E-state index contributed by atoms with van der Waals surface area (Å²) in [6, 6.07) is 7.07. The third-order valence-electron chi connectivity index (χ3n) is 3.20. The van der Waals surface area contributed by atoms with Crippen LogP contribution in [0, 0.1) is 5.41 Å². The number of benzene rings is 1. The summed E-state index contributed by atoms with van der Waals surface area (Å²) in [5, 5.41) is 0.567. The molecule has 5 heteroatoms. The van der Waals surface area contributed by atoms with Crippen LogP contribution in [0.3, 0.4) is 0 Å². The van der Waals surface area contributed by atoms with E-state index in [0.29, 0.717) is 11.4 Å². The molecule has 1 saturated carbocycles. The van der Waals surface area contributed by atoms with Crippen molar-refractivity contribution in [3.63, 3.8) is 0 Å². The van der Waals surface area contributed by atoms with Gasteiger partial charge in [-0.2, -0.15) is 0 Å². The topological polar surface area (TPSA) is 69.4 Å². The van der Waals surface area contributed by atoms with Gasteiger partial charge in [-0.3, -0.25) is 9.59 Å². The standard InChI is InChI=1S/C12H12ClNO3/c1-17-11(16)12(10(14)15)6-9(12)7-3-2-4-8(13)5-7/h2-5,9H,6H2,1H3,(H2,14,15). The summed E-state index contributed by atoms with van der Waals surface area (Å²) in [5.74, 6) is -1.45. The maximum Gasteiger partial charge on any atom is 0.322 e. The number of amides is 1. The van der Waals surface area contributed by atoms with Crippen LogP contribution in [0.15, 0.2) is 24.3 Å². The molecule has 2 unspecified atom stereocenters. The molecule has 0 radical (unpaired) electrons. The maximum absolute atomic E-state index is 11.7. The van der Waals surface area contributed by atoms with E-state index < -0.39 is 17.3 Å². The van der Waals surface area contributed by atoms with Crippen molar-refractivity contribution in [3.05, 3.63) is 34.9 Å². The van der Waals surface area contributed by atoms with Crippen LogP contribution in [-0.4, -0.2) is 19.0 Å². The van der Waals surface area contributed by atoms with Gasteiger partial charge in [0.15, 0.2) is 5.41 Å². The van der Waals surface area contributed by atoms with E-state index in [1.165, 1.54) is 7.11 Å². The third kappa shape index (κ3) is 1.78. The van der Waals surface area contributed by atoms with Crippen LogP contribution in [-0.2, 0) is 14.3 Å². The highest BCUT2D eigenvalue weighted by Crippen LogP contribution is 2.60. The van der Waals surface area contributed by atoms with Crippen molar-refractivity contribution in [3.8, 4) is 0 Å². The van der Waals surface area contributed by atoms with E-state index in [1.807, 2.05) is 6.07 Å². The van der Waals surface area contributed by atoms with Crippen molar-refractivity contribution < 1.29 is 14.3 Å². The van der Waals surface area contributed by atoms with Gasteiger partial charge in [-0.25, -0.2) is 0 Å². The molecule has 0 spiro atoms. The summed E-state index contributed by atoms with van der Waals surface area (Å²) < 4.78 is 4.65. The lowest BCUT2D eigenvalue weighted by Gasteiger charge is -2.10. The van der Waals surface area contributed by atoms with Crippen molar-refractivity contribution in [1.29, 1.82) is 0 Å². The Bertz CT molecular complexity index is 488. The average molecular weight is 254 g/mol. The Morgan fingerprint density at radius 1 is 1.53 bits per heavy atom. The van der Waals surface area contributed by atoms with Gasteiger partial charge in [-0.15, -0.1) is 0 Å². The highest BCUT2D eigenvalue weighted by atomic mass is 35.5. The molecular weight excluding hydrogens is 242 g/mol. The minimum Gasteiger partial charge on any atom is -0.468 e. The quantitative estimate of drug-likeness (QED) is 0.655. The maximum atomic E-state index is 11.7. The smallest absolute Gasteiger partial charge is 0.322 e. The van der Waals surface area contributed by atoms with Crippen LogP contribution in [0.25, 0.3) is 0 Å². The number of rotatable bonds is 3. The largest absolute Gasteiger partial charge is 0.468 e. The third-order valence-corrected chi connectivity index (χ3v) is 3.44. The molecule has 2 rings (SSSR count). The number of nitrogens with two attached hydrogens (primary N) is 1. The fourth-order valence-electron chi connectivity index (χ4n) is 2.17. The molecular formula is C12H12ClNO3. The van der Waals surface area contributed by atoms with Crippen LogP contribution in [0.1, 0.15) is 17.9 Å². The Kier molecular flexibility index (Phi) is 2.83. The van der Waals surface area contributed by atoms with E-state index in [4.69, 9.17) is 17.3 Å². The minimum atomic E-state index is -1.21. The summed E-state index contributed by atoms with van der Waals surface area (Å²) in [5.41, 5.74) is 4.93. The molecule has 1 fully saturated rings. The second-order valence-electron chi connectivity index (χ2n) is 4.14. The SMILES string of the molecule is COC(=O)C1(C(N)=O)CC1c1cccc(Cl)c1. The number of methoxy groups -OCH3 is 1. The first-order valence-corrected chi connectivity index (χ1v) is 5.54. The molecule has 0 aliphatic heterocycles. The number of hydrogen-bond donors (Lipinski definition) is 1. The molecule has 0 saturated heterocycles. The molecule has 1 aromatic rings. The average Bonchev–Trinajstić information content (AvgIpc) is 3.04. The summed E-state index contributed by atoms with van der Waals surface area (Å²) in [7, 11) is 1.25. The van der Waals surface area contributed by atoms with Gasteiger partial charge < -0.3 is 10.5 Å². The van der Waals surface area contributed by atoms with Crippen molar-refractivity contribution >= 4 is 23.5 Å². The Balaban J connectivity index is 2.33. The highest BCUT2D eigenvalue weighted by molar-refractivity contribution is 6.30. The number of carbonyl (C=O) groups is 2. The Hall–Kier alpha value is -1.55. The monoisotopic (exact) mass is 253 g/mol. The second-order valence-corrected chi connectivity index (χ2v) is 4.58. The molecule has 1 aliphatic carbocycles. The predicted octanol–water partition coefficient (Wildman–Crippen LogP) is 1.47. The van der Waals surface area contributed by atoms with E-state index in [1.54, 1.807) is 18.2 Å². The molecule has 90 valence electrons. The lowest BCUT2D eigenvalue weighted by atomic mass is 9.98. The van der Waals surface area contributed by atoms with E-state index >= 15 is 0 Å². The first kappa shape index (κ1) is 11.9. The van der Waals surface area contributed by atoms with Gasteiger partial charge >= 0.3 is 5.97 Å². The Morgan fingerprint density at radius 2 is 2.24 bits per heavy atom. The van der Waals surface area contributed by atoms with Crippen molar-refractivity contribution in [1.82, 2.24) is 0 Å². The van der Waals surface area contributed by atoms with Crippen molar-refractivity contribution in [2.24, 2.45) is 11.1 Å². The highest BCUT2D eigenvalue weighted by Gasteiger charge is 2.66. The molecule has 1 amide bonds. The minimum absolute atomic E-state index is 0.230. The molecule has 17 heavy (non-hydrogen) atoms. The van der Waals surface area contributed by atoms with Gasteiger partial charge in [0.25, 0.3) is 0 Å². The van der Waals surface area contributed by atoms with Crippen LogP contribution >= 0.6 is 11.6 Å².